The van der Waals surface area contributed by atoms with Gasteiger partial charge in [-0.15, -0.1) is 0 Å². The number of anilines is 1. The fourth-order valence-corrected chi connectivity index (χ4v) is 5.79. The van der Waals surface area contributed by atoms with Crippen molar-refractivity contribution in [1.29, 1.82) is 5.26 Å². The number of piperazine rings is 1. The molecule has 1 amide bonds. The van der Waals surface area contributed by atoms with Crippen LogP contribution in [0.5, 0.6) is 5.75 Å². The van der Waals surface area contributed by atoms with Gasteiger partial charge in [-0.1, -0.05) is 32.9 Å². The zero-order chi connectivity index (χ0) is 31.0. The third-order valence-corrected chi connectivity index (χ3v) is 8.21. The van der Waals surface area contributed by atoms with E-state index in [0.717, 1.165) is 39.4 Å². The van der Waals surface area contributed by atoms with Crippen molar-refractivity contribution in [2.45, 2.75) is 33.4 Å². The van der Waals surface area contributed by atoms with Crippen molar-refractivity contribution in [3.05, 3.63) is 84.6 Å². The van der Waals surface area contributed by atoms with E-state index in [0.29, 0.717) is 37.3 Å². The number of carboxylic acid groups (broad SMARTS) is 1. The summed E-state index contributed by atoms with van der Waals surface area (Å²) in [7, 11) is 1.65. The molecule has 11 nitrogen and oxygen atoms in total. The van der Waals surface area contributed by atoms with Gasteiger partial charge in [-0.2, -0.15) is 15.5 Å². The van der Waals surface area contributed by atoms with Gasteiger partial charge in [-0.3, -0.25) is 4.68 Å². The SMILES string of the molecule is COc1ccc(Cn2cc(-c3cc(-c4ccc(N5CCN(C(=O)O)C(C(C)(C)C)C5)nc4)c4c(C#N)cnn4c3)cn2)cc1. The number of hydrogen-bond donors (Lipinski definition) is 1. The summed E-state index contributed by atoms with van der Waals surface area (Å²) in [5.74, 6) is 1.60. The number of rotatable bonds is 6. The summed E-state index contributed by atoms with van der Waals surface area (Å²) in [5, 5.41) is 28.6. The summed E-state index contributed by atoms with van der Waals surface area (Å²) in [4.78, 5) is 20.4. The summed E-state index contributed by atoms with van der Waals surface area (Å²) in [5.41, 5.74) is 5.57. The molecule has 1 saturated heterocycles. The smallest absolute Gasteiger partial charge is 0.407 e. The number of benzene rings is 1. The number of methoxy groups -OCH3 is 1. The molecular formula is C33H34N8O3. The highest BCUT2D eigenvalue weighted by atomic mass is 16.5. The highest BCUT2D eigenvalue weighted by Crippen LogP contribution is 2.34. The van der Waals surface area contributed by atoms with Crippen LogP contribution in [0.1, 0.15) is 31.9 Å². The lowest BCUT2D eigenvalue weighted by atomic mass is 9.84. The lowest BCUT2D eigenvalue weighted by Crippen LogP contribution is -2.59. The average Bonchev–Trinajstić information content (AvgIpc) is 3.67. The Labute approximate surface area is 255 Å². The van der Waals surface area contributed by atoms with Crippen molar-refractivity contribution in [2.75, 3.05) is 31.6 Å². The van der Waals surface area contributed by atoms with Crippen LogP contribution in [0, 0.1) is 16.7 Å². The predicted octanol–water partition coefficient (Wildman–Crippen LogP) is 5.40. The zero-order valence-corrected chi connectivity index (χ0v) is 25.2. The number of nitriles is 1. The standard InChI is InChI=1S/C33H34N8O3/c1-33(2,3)29-21-38(11-12-40(29)32(42)43)30-10-7-23(15-35-30)28-13-24(20-41-31(28)25(14-34)16-37-41)26-17-36-39(19-26)18-22-5-8-27(44-4)9-6-22/h5-10,13,15-17,19-20,29H,11-12,18,21H2,1-4H3,(H,42,43). The molecule has 1 aliphatic heterocycles. The summed E-state index contributed by atoms with van der Waals surface area (Å²) in [6, 6.07) is 16.0. The molecule has 224 valence electrons. The number of fused-ring (bicyclic) bond motifs is 1. The number of hydrogen-bond acceptors (Lipinski definition) is 7. The van der Waals surface area contributed by atoms with Crippen LogP contribution >= 0.6 is 0 Å². The van der Waals surface area contributed by atoms with Gasteiger partial charge in [0.2, 0.25) is 0 Å². The quantitative estimate of drug-likeness (QED) is 0.279. The highest BCUT2D eigenvalue weighted by Gasteiger charge is 2.38. The molecule has 0 spiro atoms. The first-order chi connectivity index (χ1) is 21.1. The molecule has 1 unspecified atom stereocenters. The molecule has 0 aliphatic carbocycles. The van der Waals surface area contributed by atoms with Crippen molar-refractivity contribution >= 4 is 17.4 Å². The van der Waals surface area contributed by atoms with Crippen molar-refractivity contribution in [3.8, 4) is 34.1 Å². The van der Waals surface area contributed by atoms with Gasteiger partial charge in [0.05, 0.1) is 43.2 Å². The van der Waals surface area contributed by atoms with Crippen LogP contribution in [0.4, 0.5) is 10.6 Å². The molecule has 0 saturated carbocycles. The van der Waals surface area contributed by atoms with E-state index in [4.69, 9.17) is 9.72 Å². The number of carbonyl (C=O) groups is 1. The maximum Gasteiger partial charge on any atom is 0.407 e. The monoisotopic (exact) mass is 590 g/mol. The van der Waals surface area contributed by atoms with Crippen LogP contribution in [0.3, 0.4) is 0 Å². The van der Waals surface area contributed by atoms with Crippen molar-refractivity contribution < 1.29 is 14.6 Å². The van der Waals surface area contributed by atoms with Gasteiger partial charge in [-0.25, -0.2) is 14.3 Å². The topological polar surface area (TPSA) is 125 Å². The second kappa shape index (κ2) is 11.4. The first-order valence-electron chi connectivity index (χ1n) is 14.4. The molecule has 11 heteroatoms. The zero-order valence-electron chi connectivity index (χ0n) is 25.2. The first-order valence-corrected chi connectivity index (χ1v) is 14.4. The van der Waals surface area contributed by atoms with E-state index >= 15 is 0 Å². The van der Waals surface area contributed by atoms with Crippen LogP contribution in [0.2, 0.25) is 0 Å². The number of aromatic nitrogens is 5. The van der Waals surface area contributed by atoms with Gasteiger partial charge in [0.1, 0.15) is 17.6 Å². The van der Waals surface area contributed by atoms with Crippen LogP contribution < -0.4 is 9.64 Å². The molecule has 44 heavy (non-hydrogen) atoms. The normalized spacial score (nSPS) is 15.4. The third-order valence-electron chi connectivity index (χ3n) is 8.21. The van der Waals surface area contributed by atoms with Crippen molar-refractivity contribution in [2.24, 2.45) is 5.41 Å². The van der Waals surface area contributed by atoms with E-state index in [1.54, 1.807) is 17.8 Å². The molecule has 0 bridgehead atoms. The predicted molar refractivity (Wildman–Crippen MR) is 167 cm³/mol. The Morgan fingerprint density at radius 3 is 2.48 bits per heavy atom. The molecule has 4 aromatic heterocycles. The lowest BCUT2D eigenvalue weighted by molar-refractivity contribution is 0.0747. The molecule has 0 radical (unpaired) electrons. The number of pyridine rings is 2. The molecular weight excluding hydrogens is 556 g/mol. The summed E-state index contributed by atoms with van der Waals surface area (Å²) >= 11 is 0. The minimum absolute atomic E-state index is 0.165. The maximum absolute atomic E-state index is 11.9. The Balaban J connectivity index is 1.30. The Hall–Kier alpha value is -5.37. The van der Waals surface area contributed by atoms with Crippen LogP contribution in [0.15, 0.2) is 73.4 Å². The van der Waals surface area contributed by atoms with Gasteiger partial charge in [0, 0.05) is 60.5 Å². The van der Waals surface area contributed by atoms with Crippen LogP contribution in [-0.2, 0) is 6.54 Å². The molecule has 1 atom stereocenters. The molecule has 1 fully saturated rings. The Kier molecular flexibility index (Phi) is 7.43. The lowest BCUT2D eigenvalue weighted by Gasteiger charge is -2.46. The second-order valence-electron chi connectivity index (χ2n) is 12.1. The minimum Gasteiger partial charge on any atom is -0.497 e. The summed E-state index contributed by atoms with van der Waals surface area (Å²) in [6.07, 6.45) is 8.22. The maximum atomic E-state index is 11.9. The molecule has 5 aromatic rings. The average molecular weight is 591 g/mol. The van der Waals surface area contributed by atoms with Gasteiger partial charge in [0.15, 0.2) is 0 Å². The largest absolute Gasteiger partial charge is 0.497 e. The number of amides is 1. The van der Waals surface area contributed by atoms with Crippen LogP contribution in [0.25, 0.3) is 27.8 Å². The fraction of sp³-hybridized carbons (Fsp3) is 0.303. The molecule has 1 N–H and O–H groups in total. The molecule has 5 heterocycles. The van der Waals surface area contributed by atoms with Crippen LogP contribution in [-0.4, -0.2) is 73.3 Å². The third kappa shape index (κ3) is 5.54. The number of nitrogens with zero attached hydrogens (tertiary/aromatic N) is 8. The van der Waals surface area contributed by atoms with Crippen molar-refractivity contribution in [3.63, 3.8) is 0 Å². The van der Waals surface area contributed by atoms with Gasteiger partial charge in [-0.05, 0) is 41.3 Å². The summed E-state index contributed by atoms with van der Waals surface area (Å²) < 4.78 is 8.88. The van der Waals surface area contributed by atoms with Gasteiger partial charge in [0.25, 0.3) is 0 Å². The van der Waals surface area contributed by atoms with Gasteiger partial charge < -0.3 is 19.6 Å². The fourth-order valence-electron chi connectivity index (χ4n) is 5.79. The van der Waals surface area contributed by atoms with E-state index in [-0.39, 0.29) is 11.5 Å². The van der Waals surface area contributed by atoms with Crippen molar-refractivity contribution in [1.82, 2.24) is 29.3 Å². The molecule has 1 aromatic carbocycles. The molecule has 1 aliphatic rings. The second-order valence-corrected chi connectivity index (χ2v) is 12.1. The van der Waals surface area contributed by atoms with E-state index < -0.39 is 6.09 Å². The Bertz CT molecular complexity index is 1850. The van der Waals surface area contributed by atoms with Gasteiger partial charge >= 0.3 is 6.09 Å². The summed E-state index contributed by atoms with van der Waals surface area (Å²) in [6.45, 7) is 8.34. The Morgan fingerprint density at radius 1 is 1.02 bits per heavy atom. The van der Waals surface area contributed by atoms with E-state index in [1.807, 2.05) is 71.9 Å². The Morgan fingerprint density at radius 2 is 1.82 bits per heavy atom. The number of ether oxygens (including phenoxy) is 1. The minimum atomic E-state index is -0.892. The van der Waals surface area contributed by atoms with E-state index in [9.17, 15) is 15.2 Å². The van der Waals surface area contributed by atoms with E-state index in [1.165, 1.54) is 4.90 Å². The first kappa shape index (κ1) is 28.7. The van der Waals surface area contributed by atoms with E-state index in [2.05, 4.69) is 41.9 Å². The molecule has 6 rings (SSSR count). The highest BCUT2D eigenvalue weighted by molar-refractivity contribution is 5.87.